The molecule has 0 radical (unpaired) electrons. The van der Waals surface area contributed by atoms with E-state index < -0.39 is 6.10 Å². The van der Waals surface area contributed by atoms with E-state index in [0.717, 1.165) is 12.2 Å². The minimum absolute atomic E-state index is 0.0145. The van der Waals surface area contributed by atoms with Crippen LogP contribution in [0.3, 0.4) is 0 Å². The van der Waals surface area contributed by atoms with Gasteiger partial charge in [-0.15, -0.1) is 0 Å². The molecule has 1 fully saturated rings. The van der Waals surface area contributed by atoms with Crippen LogP contribution in [0.15, 0.2) is 45.6 Å². The predicted octanol–water partition coefficient (Wildman–Crippen LogP) is 2.60. The first kappa shape index (κ1) is 13.9. The fraction of sp³-hybridized carbons (Fsp3) is 0.438. The highest BCUT2D eigenvalue weighted by Gasteiger charge is 2.46. The minimum atomic E-state index is -0.699. The highest BCUT2D eigenvalue weighted by atomic mass is 16.4. The van der Waals surface area contributed by atoms with Crippen LogP contribution in [-0.4, -0.2) is 17.1 Å². The Hall–Kier alpha value is -2.01. The monoisotopic (exact) mass is 289 g/mol. The van der Waals surface area contributed by atoms with Crippen LogP contribution in [0, 0.1) is 5.92 Å². The summed E-state index contributed by atoms with van der Waals surface area (Å²) in [6.07, 6.45) is 3.71. The molecule has 1 aliphatic rings. The fourth-order valence-electron chi connectivity index (χ4n) is 2.64. The van der Waals surface area contributed by atoms with Crippen molar-refractivity contribution in [3.05, 3.63) is 48.3 Å². The second-order valence-corrected chi connectivity index (χ2v) is 5.64. The Labute approximate surface area is 122 Å². The van der Waals surface area contributed by atoms with Crippen LogP contribution in [0.4, 0.5) is 0 Å². The number of carbonyl (C=O) groups excluding carboxylic acids is 1. The van der Waals surface area contributed by atoms with E-state index >= 15 is 0 Å². The minimum Gasteiger partial charge on any atom is -0.469 e. The van der Waals surface area contributed by atoms with Gasteiger partial charge in [-0.05, 0) is 37.6 Å². The summed E-state index contributed by atoms with van der Waals surface area (Å²) in [5.41, 5.74) is 0. The van der Waals surface area contributed by atoms with Gasteiger partial charge in [0.05, 0.1) is 12.5 Å². The van der Waals surface area contributed by atoms with Crippen molar-refractivity contribution >= 4 is 5.91 Å². The maximum Gasteiger partial charge on any atom is 0.224 e. The highest BCUT2D eigenvalue weighted by molar-refractivity contribution is 5.82. The van der Waals surface area contributed by atoms with Gasteiger partial charge in [-0.25, -0.2) is 0 Å². The van der Waals surface area contributed by atoms with Gasteiger partial charge in [-0.1, -0.05) is 0 Å². The number of hydrogen-bond acceptors (Lipinski definition) is 4. The second-order valence-electron chi connectivity index (χ2n) is 5.64. The zero-order valence-electron chi connectivity index (χ0n) is 11.9. The standard InChI is InChI=1S/C16H19NO4/c1-10(8-13(18)15-5-3-7-21-15)17-16(19)12-9-11(12)14-4-2-6-20-14/h2-7,10-13,18H,8-9H2,1H3,(H,17,19). The maximum atomic E-state index is 12.1. The number of rotatable bonds is 6. The first-order valence-electron chi connectivity index (χ1n) is 7.20. The van der Waals surface area contributed by atoms with Gasteiger partial charge >= 0.3 is 0 Å². The molecule has 0 bridgehead atoms. The Kier molecular flexibility index (Phi) is 3.84. The van der Waals surface area contributed by atoms with E-state index in [4.69, 9.17) is 8.83 Å². The molecule has 1 saturated carbocycles. The summed E-state index contributed by atoms with van der Waals surface area (Å²) in [5.74, 6) is 1.60. The number of furan rings is 2. The van der Waals surface area contributed by atoms with Crippen molar-refractivity contribution in [3.8, 4) is 0 Å². The Bertz CT molecular complexity index is 575. The first-order chi connectivity index (χ1) is 10.1. The zero-order valence-corrected chi connectivity index (χ0v) is 11.9. The molecule has 3 rings (SSSR count). The van der Waals surface area contributed by atoms with E-state index in [9.17, 15) is 9.90 Å². The lowest BCUT2D eigenvalue weighted by atomic mass is 10.1. The molecule has 4 atom stereocenters. The van der Waals surface area contributed by atoms with Gasteiger partial charge < -0.3 is 19.3 Å². The van der Waals surface area contributed by atoms with Crippen LogP contribution in [0.25, 0.3) is 0 Å². The highest BCUT2D eigenvalue weighted by Crippen LogP contribution is 2.47. The summed E-state index contributed by atoms with van der Waals surface area (Å²) in [6, 6.07) is 7.09. The summed E-state index contributed by atoms with van der Waals surface area (Å²) >= 11 is 0. The number of aliphatic hydroxyl groups is 1. The van der Waals surface area contributed by atoms with E-state index in [2.05, 4.69) is 5.32 Å². The quantitative estimate of drug-likeness (QED) is 0.857. The van der Waals surface area contributed by atoms with Crippen molar-refractivity contribution in [1.29, 1.82) is 0 Å². The first-order valence-corrected chi connectivity index (χ1v) is 7.20. The molecule has 2 aromatic heterocycles. The number of hydrogen-bond donors (Lipinski definition) is 2. The van der Waals surface area contributed by atoms with Crippen LogP contribution in [0.5, 0.6) is 0 Å². The Morgan fingerprint density at radius 2 is 2.14 bits per heavy atom. The third-order valence-electron chi connectivity index (χ3n) is 3.87. The third kappa shape index (κ3) is 3.19. The number of carbonyl (C=O) groups is 1. The Morgan fingerprint density at radius 3 is 2.81 bits per heavy atom. The van der Waals surface area contributed by atoms with E-state index in [1.165, 1.54) is 6.26 Å². The van der Waals surface area contributed by atoms with E-state index in [1.54, 1.807) is 18.4 Å². The Morgan fingerprint density at radius 1 is 1.38 bits per heavy atom. The molecule has 2 heterocycles. The second kappa shape index (κ2) is 5.77. The fourth-order valence-corrected chi connectivity index (χ4v) is 2.64. The molecule has 2 aromatic rings. The van der Waals surface area contributed by atoms with Crippen LogP contribution in [0.1, 0.15) is 43.3 Å². The molecule has 2 N–H and O–H groups in total. The molecule has 5 heteroatoms. The Balaban J connectivity index is 1.47. The largest absolute Gasteiger partial charge is 0.469 e. The molecule has 112 valence electrons. The van der Waals surface area contributed by atoms with E-state index in [1.807, 2.05) is 19.1 Å². The lowest BCUT2D eigenvalue weighted by Gasteiger charge is -2.16. The van der Waals surface area contributed by atoms with Gasteiger partial charge in [0.2, 0.25) is 5.91 Å². The average molecular weight is 289 g/mol. The van der Waals surface area contributed by atoms with Gasteiger partial charge in [0.15, 0.2) is 0 Å². The number of amides is 1. The van der Waals surface area contributed by atoms with Gasteiger partial charge in [-0.2, -0.15) is 0 Å². The summed E-state index contributed by atoms with van der Waals surface area (Å²) in [6.45, 7) is 1.88. The van der Waals surface area contributed by atoms with Crippen LogP contribution in [0.2, 0.25) is 0 Å². The maximum absolute atomic E-state index is 12.1. The summed E-state index contributed by atoms with van der Waals surface area (Å²) in [4.78, 5) is 12.1. The van der Waals surface area contributed by atoms with Crippen LogP contribution in [-0.2, 0) is 4.79 Å². The lowest BCUT2D eigenvalue weighted by Crippen LogP contribution is -2.35. The smallest absolute Gasteiger partial charge is 0.224 e. The third-order valence-corrected chi connectivity index (χ3v) is 3.87. The summed E-state index contributed by atoms with van der Waals surface area (Å²) < 4.78 is 10.5. The molecule has 1 aliphatic carbocycles. The van der Waals surface area contributed by atoms with Gasteiger partial charge in [-0.3, -0.25) is 4.79 Å². The molecule has 21 heavy (non-hydrogen) atoms. The van der Waals surface area contributed by atoms with Crippen LogP contribution >= 0.6 is 0 Å². The zero-order chi connectivity index (χ0) is 14.8. The number of nitrogens with one attached hydrogen (secondary N) is 1. The van der Waals surface area contributed by atoms with Crippen molar-refractivity contribution < 1.29 is 18.7 Å². The molecular weight excluding hydrogens is 270 g/mol. The van der Waals surface area contributed by atoms with Crippen molar-refractivity contribution in [2.75, 3.05) is 0 Å². The molecule has 4 unspecified atom stereocenters. The molecule has 0 spiro atoms. The van der Waals surface area contributed by atoms with Gasteiger partial charge in [0.1, 0.15) is 17.6 Å². The van der Waals surface area contributed by atoms with Crippen molar-refractivity contribution in [1.82, 2.24) is 5.32 Å². The molecule has 5 nitrogen and oxygen atoms in total. The summed E-state index contributed by atoms with van der Waals surface area (Å²) in [5, 5.41) is 12.9. The topological polar surface area (TPSA) is 75.6 Å². The van der Waals surface area contributed by atoms with E-state index in [0.29, 0.717) is 12.2 Å². The molecule has 0 saturated heterocycles. The predicted molar refractivity (Wildman–Crippen MR) is 75.4 cm³/mol. The van der Waals surface area contributed by atoms with Crippen molar-refractivity contribution in [2.45, 2.75) is 37.8 Å². The van der Waals surface area contributed by atoms with E-state index in [-0.39, 0.29) is 23.8 Å². The normalized spacial score (nSPS) is 23.5. The van der Waals surface area contributed by atoms with Gasteiger partial charge in [0.25, 0.3) is 0 Å². The average Bonchev–Trinajstić information content (AvgIpc) is 2.91. The molecule has 0 aliphatic heterocycles. The molecule has 1 amide bonds. The SMILES string of the molecule is CC(CC(O)c1ccco1)NC(=O)C1CC1c1ccco1. The van der Waals surface area contributed by atoms with Gasteiger partial charge in [0, 0.05) is 24.3 Å². The van der Waals surface area contributed by atoms with Crippen molar-refractivity contribution in [3.63, 3.8) is 0 Å². The molecule has 0 aromatic carbocycles. The van der Waals surface area contributed by atoms with Crippen molar-refractivity contribution in [2.24, 2.45) is 5.92 Å². The number of aliphatic hydroxyl groups excluding tert-OH is 1. The van der Waals surface area contributed by atoms with Crippen LogP contribution < -0.4 is 5.32 Å². The lowest BCUT2D eigenvalue weighted by molar-refractivity contribution is -0.123. The molecular formula is C16H19NO4. The summed E-state index contributed by atoms with van der Waals surface area (Å²) in [7, 11) is 0.